The molecule has 1 aromatic carbocycles. The summed E-state index contributed by atoms with van der Waals surface area (Å²) in [7, 11) is 0. The fraction of sp³-hybridized carbons (Fsp3) is 0.214. The Balaban J connectivity index is 1.84. The second kappa shape index (κ2) is 5.92. The summed E-state index contributed by atoms with van der Waals surface area (Å²) in [5.74, 6) is 1.75. The minimum atomic E-state index is 0.470. The lowest BCUT2D eigenvalue weighted by Gasteiger charge is -2.05. The summed E-state index contributed by atoms with van der Waals surface area (Å²) in [6, 6.07) is 7.61. The molecular weight excluding hydrogens is 288 g/mol. The Hall–Kier alpha value is -2.41. The quantitative estimate of drug-likeness (QED) is 0.779. The molecule has 0 saturated heterocycles. The van der Waals surface area contributed by atoms with Crippen molar-refractivity contribution in [2.24, 2.45) is 0 Å². The van der Waals surface area contributed by atoms with Crippen LogP contribution in [0.15, 0.2) is 34.2 Å². The number of nitrogens with two attached hydrogens (primary N) is 1. The fourth-order valence-corrected chi connectivity index (χ4v) is 2.49. The van der Waals surface area contributed by atoms with Crippen molar-refractivity contribution in [2.45, 2.75) is 13.3 Å². The van der Waals surface area contributed by atoms with Crippen molar-refractivity contribution in [3.63, 3.8) is 0 Å². The molecule has 0 spiro atoms. The van der Waals surface area contributed by atoms with Crippen molar-refractivity contribution < 1.29 is 9.26 Å². The molecule has 0 aliphatic carbocycles. The molecule has 0 amide bonds. The molecule has 2 aromatic heterocycles. The summed E-state index contributed by atoms with van der Waals surface area (Å²) in [5.41, 5.74) is 7.24. The number of hydrogen-bond donors (Lipinski definition) is 1. The second-order valence-electron chi connectivity index (χ2n) is 4.29. The van der Waals surface area contributed by atoms with E-state index in [1.165, 1.54) is 11.3 Å². The van der Waals surface area contributed by atoms with Gasteiger partial charge in [-0.1, -0.05) is 17.3 Å². The van der Waals surface area contributed by atoms with Crippen LogP contribution in [0, 0.1) is 0 Å². The van der Waals surface area contributed by atoms with E-state index in [0.717, 1.165) is 17.0 Å². The summed E-state index contributed by atoms with van der Waals surface area (Å²) in [6.45, 7) is 2.52. The molecule has 0 fully saturated rings. The Morgan fingerprint density at radius 2 is 2.14 bits per heavy atom. The highest BCUT2D eigenvalue weighted by atomic mass is 32.1. The van der Waals surface area contributed by atoms with E-state index in [2.05, 4.69) is 15.1 Å². The number of ether oxygens (including phenoxy) is 1. The first kappa shape index (κ1) is 13.6. The molecule has 2 N–H and O–H groups in total. The van der Waals surface area contributed by atoms with Crippen molar-refractivity contribution in [1.82, 2.24) is 15.1 Å². The maximum atomic E-state index is 5.61. The summed E-state index contributed by atoms with van der Waals surface area (Å²) in [6.07, 6.45) is 0.470. The van der Waals surface area contributed by atoms with E-state index >= 15 is 0 Å². The van der Waals surface area contributed by atoms with Gasteiger partial charge in [0.1, 0.15) is 5.75 Å². The molecule has 0 bridgehead atoms. The van der Waals surface area contributed by atoms with Crippen LogP contribution >= 0.6 is 11.3 Å². The number of para-hydroxylation sites is 1. The molecule has 0 saturated carbocycles. The Kier molecular flexibility index (Phi) is 3.83. The zero-order chi connectivity index (χ0) is 14.7. The molecule has 108 valence electrons. The van der Waals surface area contributed by atoms with Gasteiger partial charge in [-0.25, -0.2) is 4.98 Å². The Labute approximate surface area is 125 Å². The predicted octanol–water partition coefficient (Wildman–Crippen LogP) is 2.76. The molecule has 0 aliphatic heterocycles. The van der Waals surface area contributed by atoms with Crippen molar-refractivity contribution in [2.75, 3.05) is 12.3 Å². The van der Waals surface area contributed by atoms with Crippen LogP contribution in [0.5, 0.6) is 5.75 Å². The maximum Gasteiger partial charge on any atom is 0.233 e. The summed E-state index contributed by atoms with van der Waals surface area (Å²) < 4.78 is 10.8. The van der Waals surface area contributed by atoms with Crippen molar-refractivity contribution >= 4 is 16.5 Å². The smallest absolute Gasteiger partial charge is 0.233 e. The number of nitrogen functional groups attached to an aromatic ring is 1. The fourth-order valence-electron chi connectivity index (χ4n) is 1.93. The van der Waals surface area contributed by atoms with E-state index in [-0.39, 0.29) is 0 Å². The van der Waals surface area contributed by atoms with E-state index in [1.807, 2.05) is 36.6 Å². The highest BCUT2D eigenvalue weighted by molar-refractivity contribution is 7.13. The van der Waals surface area contributed by atoms with Gasteiger partial charge in [-0.05, 0) is 19.1 Å². The topological polar surface area (TPSA) is 87.1 Å². The maximum absolute atomic E-state index is 5.61. The molecule has 0 atom stereocenters. The standard InChI is InChI=1S/C14H14N4O2S/c1-2-19-11-6-4-3-5-10(11)13-17-12(20-18-13)7-9-8-21-14(15)16-9/h3-6,8H,2,7H2,1H3,(H2,15,16). The van der Waals surface area contributed by atoms with Gasteiger partial charge in [-0.3, -0.25) is 0 Å². The van der Waals surface area contributed by atoms with Crippen LogP contribution < -0.4 is 10.5 Å². The summed E-state index contributed by atoms with van der Waals surface area (Å²) in [5, 5.41) is 6.43. The SMILES string of the molecule is CCOc1ccccc1-c1noc(Cc2csc(N)n2)n1. The third kappa shape index (κ3) is 3.03. The summed E-state index contributed by atoms with van der Waals surface area (Å²) in [4.78, 5) is 8.57. The van der Waals surface area contributed by atoms with Gasteiger partial charge < -0.3 is 15.0 Å². The zero-order valence-corrected chi connectivity index (χ0v) is 12.3. The van der Waals surface area contributed by atoms with Gasteiger partial charge in [0.05, 0.1) is 24.3 Å². The molecular formula is C14H14N4O2S. The van der Waals surface area contributed by atoms with Gasteiger partial charge in [0.25, 0.3) is 0 Å². The molecule has 0 radical (unpaired) electrons. The van der Waals surface area contributed by atoms with Gasteiger partial charge in [0.15, 0.2) is 5.13 Å². The molecule has 0 aliphatic rings. The minimum absolute atomic E-state index is 0.470. The molecule has 21 heavy (non-hydrogen) atoms. The van der Waals surface area contributed by atoms with Gasteiger partial charge in [0, 0.05) is 5.38 Å². The van der Waals surface area contributed by atoms with Crippen molar-refractivity contribution in [3.8, 4) is 17.1 Å². The Bertz CT molecular complexity index is 738. The molecule has 3 aromatic rings. The van der Waals surface area contributed by atoms with Gasteiger partial charge in [-0.15, -0.1) is 11.3 Å². The number of anilines is 1. The van der Waals surface area contributed by atoms with Crippen LogP contribution in [0.2, 0.25) is 0 Å². The van der Waals surface area contributed by atoms with Gasteiger partial charge in [-0.2, -0.15) is 4.98 Å². The first-order valence-corrected chi connectivity index (χ1v) is 7.39. The number of hydrogen-bond acceptors (Lipinski definition) is 7. The Morgan fingerprint density at radius 1 is 1.29 bits per heavy atom. The van der Waals surface area contributed by atoms with Crippen LogP contribution in [-0.4, -0.2) is 21.7 Å². The monoisotopic (exact) mass is 302 g/mol. The first-order chi connectivity index (χ1) is 10.3. The van der Waals surface area contributed by atoms with Crippen LogP contribution in [0.4, 0.5) is 5.13 Å². The highest BCUT2D eigenvalue weighted by Gasteiger charge is 2.14. The van der Waals surface area contributed by atoms with Crippen LogP contribution in [0.3, 0.4) is 0 Å². The highest BCUT2D eigenvalue weighted by Crippen LogP contribution is 2.27. The molecule has 2 heterocycles. The van der Waals surface area contributed by atoms with Crippen LogP contribution in [0.1, 0.15) is 18.5 Å². The second-order valence-corrected chi connectivity index (χ2v) is 5.18. The molecule has 7 heteroatoms. The normalized spacial score (nSPS) is 10.7. The summed E-state index contributed by atoms with van der Waals surface area (Å²) >= 11 is 1.39. The molecule has 0 unspecified atom stereocenters. The number of aromatic nitrogens is 3. The molecule has 3 rings (SSSR count). The minimum Gasteiger partial charge on any atom is -0.493 e. The number of thiazole rings is 1. The third-order valence-corrected chi connectivity index (χ3v) is 3.52. The Morgan fingerprint density at radius 3 is 2.90 bits per heavy atom. The van der Waals surface area contributed by atoms with Gasteiger partial charge in [0.2, 0.25) is 11.7 Å². The largest absolute Gasteiger partial charge is 0.493 e. The van der Waals surface area contributed by atoms with Crippen molar-refractivity contribution in [3.05, 3.63) is 41.2 Å². The number of rotatable bonds is 5. The van der Waals surface area contributed by atoms with Crippen LogP contribution in [-0.2, 0) is 6.42 Å². The third-order valence-electron chi connectivity index (χ3n) is 2.80. The molecule has 6 nitrogen and oxygen atoms in total. The number of nitrogens with zero attached hydrogens (tertiary/aromatic N) is 3. The lowest BCUT2D eigenvalue weighted by atomic mass is 10.2. The number of benzene rings is 1. The lowest BCUT2D eigenvalue weighted by molar-refractivity contribution is 0.341. The lowest BCUT2D eigenvalue weighted by Crippen LogP contribution is -1.95. The van der Waals surface area contributed by atoms with E-state index in [0.29, 0.717) is 29.9 Å². The van der Waals surface area contributed by atoms with E-state index in [9.17, 15) is 0 Å². The van der Waals surface area contributed by atoms with E-state index < -0.39 is 0 Å². The van der Waals surface area contributed by atoms with E-state index in [4.69, 9.17) is 15.0 Å². The predicted molar refractivity (Wildman–Crippen MR) is 80.2 cm³/mol. The zero-order valence-electron chi connectivity index (χ0n) is 11.4. The van der Waals surface area contributed by atoms with E-state index in [1.54, 1.807) is 0 Å². The average molecular weight is 302 g/mol. The van der Waals surface area contributed by atoms with Gasteiger partial charge >= 0.3 is 0 Å². The van der Waals surface area contributed by atoms with Crippen molar-refractivity contribution in [1.29, 1.82) is 0 Å². The first-order valence-electron chi connectivity index (χ1n) is 6.51. The average Bonchev–Trinajstić information content (AvgIpc) is 3.10. The van der Waals surface area contributed by atoms with Crippen LogP contribution in [0.25, 0.3) is 11.4 Å².